The van der Waals surface area contributed by atoms with Crippen LogP contribution in [-0.4, -0.2) is 60.3 Å². The zero-order valence-electron chi connectivity index (χ0n) is 24.6. The van der Waals surface area contributed by atoms with E-state index in [2.05, 4.69) is 52.8 Å². The SMILES string of the molecule is COc1ccc(C=C(C#CCN(C)C(C)(C)C)C(N)=O)cc1Cc1ncc(Cl)c(Nc2ccccc2P(C)(C)=O)n1. The molecule has 3 N–H and O–H groups in total. The standard InChI is InChI=1S/C31H37ClN5O3P/c1-31(2,3)37(4)16-10-11-22(29(33)38)17-21-14-15-26(40-5)23(18-21)19-28-34-20-24(32)30(36-28)35-25-12-8-9-13-27(25)41(6,7)39/h8-9,12-15,17-18,20H,16,19H2,1-7H3,(H2,33,38)(H,34,35,36). The first-order chi connectivity index (χ1) is 19.2. The minimum Gasteiger partial charge on any atom is -0.496 e. The van der Waals surface area contributed by atoms with Gasteiger partial charge in [0.1, 0.15) is 23.7 Å². The van der Waals surface area contributed by atoms with E-state index < -0.39 is 13.0 Å². The lowest BCUT2D eigenvalue weighted by Gasteiger charge is -2.29. The Kier molecular flexibility index (Phi) is 10.4. The van der Waals surface area contributed by atoms with E-state index in [9.17, 15) is 9.36 Å². The van der Waals surface area contributed by atoms with E-state index in [-0.39, 0.29) is 11.1 Å². The number of carbonyl (C=O) groups is 1. The molecule has 0 atom stereocenters. The van der Waals surface area contributed by atoms with Gasteiger partial charge in [-0.1, -0.05) is 41.6 Å². The topological polar surface area (TPSA) is 110 Å². The molecule has 8 nitrogen and oxygen atoms in total. The summed E-state index contributed by atoms with van der Waals surface area (Å²) in [7, 11) is 1.01. The molecule has 0 bridgehead atoms. The van der Waals surface area contributed by atoms with Gasteiger partial charge in [0.25, 0.3) is 5.91 Å². The van der Waals surface area contributed by atoms with Crippen LogP contribution in [0.25, 0.3) is 6.08 Å². The Bertz CT molecular complexity index is 1560. The molecule has 10 heteroatoms. The summed E-state index contributed by atoms with van der Waals surface area (Å²) >= 11 is 6.42. The van der Waals surface area contributed by atoms with Gasteiger partial charge in [-0.25, -0.2) is 9.97 Å². The number of nitrogens with one attached hydrogen (secondary N) is 1. The Morgan fingerprint density at radius 1 is 1.22 bits per heavy atom. The van der Waals surface area contributed by atoms with Crippen molar-refractivity contribution in [3.63, 3.8) is 0 Å². The number of aromatic nitrogens is 2. The number of carbonyl (C=O) groups excluding carboxylic acids is 1. The third kappa shape index (κ3) is 8.93. The molecular weight excluding hydrogens is 557 g/mol. The Hall–Kier alpha value is -3.63. The van der Waals surface area contributed by atoms with E-state index in [1.54, 1.807) is 26.5 Å². The van der Waals surface area contributed by atoms with Gasteiger partial charge in [-0.3, -0.25) is 9.69 Å². The van der Waals surface area contributed by atoms with Crippen LogP contribution in [0.15, 0.2) is 54.2 Å². The fraction of sp³-hybridized carbons (Fsp3) is 0.323. The number of para-hydroxylation sites is 1. The van der Waals surface area contributed by atoms with E-state index in [4.69, 9.17) is 22.1 Å². The fourth-order valence-electron chi connectivity index (χ4n) is 3.78. The van der Waals surface area contributed by atoms with Gasteiger partial charge in [0.05, 0.1) is 31.1 Å². The lowest BCUT2D eigenvalue weighted by Crippen LogP contribution is -2.38. The number of rotatable bonds is 9. The predicted octanol–water partition coefficient (Wildman–Crippen LogP) is 5.32. The van der Waals surface area contributed by atoms with Crippen LogP contribution in [0, 0.1) is 11.8 Å². The molecule has 41 heavy (non-hydrogen) atoms. The largest absolute Gasteiger partial charge is 0.496 e. The highest BCUT2D eigenvalue weighted by molar-refractivity contribution is 7.70. The molecule has 0 unspecified atom stereocenters. The first-order valence-electron chi connectivity index (χ1n) is 13.0. The van der Waals surface area contributed by atoms with Crippen molar-refractivity contribution in [3.05, 3.63) is 76.2 Å². The quantitative estimate of drug-likeness (QED) is 0.196. The number of primary amides is 1. The predicted molar refractivity (Wildman–Crippen MR) is 169 cm³/mol. The van der Waals surface area contributed by atoms with Gasteiger partial charge in [0.2, 0.25) is 0 Å². The van der Waals surface area contributed by atoms with Gasteiger partial charge in [-0.2, -0.15) is 0 Å². The van der Waals surface area contributed by atoms with E-state index >= 15 is 0 Å². The molecule has 2 aromatic carbocycles. The molecule has 0 saturated carbocycles. The van der Waals surface area contributed by atoms with Crippen LogP contribution in [0.2, 0.25) is 5.02 Å². The number of anilines is 2. The highest BCUT2D eigenvalue weighted by atomic mass is 35.5. The molecule has 0 saturated heterocycles. The average molecular weight is 594 g/mol. The summed E-state index contributed by atoms with van der Waals surface area (Å²) in [4.78, 5) is 23.3. The molecule has 0 spiro atoms. The van der Waals surface area contributed by atoms with Crippen molar-refractivity contribution in [2.24, 2.45) is 5.73 Å². The summed E-state index contributed by atoms with van der Waals surface area (Å²) in [5.41, 5.74) is 7.99. The Labute approximate surface area is 247 Å². The van der Waals surface area contributed by atoms with Crippen LogP contribution in [0.5, 0.6) is 5.75 Å². The van der Waals surface area contributed by atoms with Crippen LogP contribution >= 0.6 is 18.7 Å². The summed E-state index contributed by atoms with van der Waals surface area (Å²) in [5, 5.41) is 4.26. The second-order valence-corrected chi connectivity index (χ2v) is 14.6. The second-order valence-electron chi connectivity index (χ2n) is 11.0. The van der Waals surface area contributed by atoms with Gasteiger partial charge in [0.15, 0.2) is 5.82 Å². The van der Waals surface area contributed by atoms with E-state index in [1.165, 1.54) is 6.20 Å². The van der Waals surface area contributed by atoms with Gasteiger partial charge in [-0.15, -0.1) is 0 Å². The fourth-order valence-corrected chi connectivity index (χ4v) is 5.07. The molecule has 3 aromatic rings. The molecule has 0 aliphatic carbocycles. The Morgan fingerprint density at radius 2 is 1.93 bits per heavy atom. The van der Waals surface area contributed by atoms with Crippen LogP contribution in [0.4, 0.5) is 11.5 Å². The molecule has 0 radical (unpaired) electrons. The molecular formula is C31H37ClN5O3P. The monoisotopic (exact) mass is 593 g/mol. The highest BCUT2D eigenvalue weighted by Gasteiger charge is 2.18. The zero-order valence-corrected chi connectivity index (χ0v) is 26.2. The molecule has 0 aliphatic heterocycles. The van der Waals surface area contributed by atoms with Gasteiger partial charge in [-0.05, 0) is 77.1 Å². The summed E-state index contributed by atoms with van der Waals surface area (Å²) in [6, 6.07) is 12.9. The summed E-state index contributed by atoms with van der Waals surface area (Å²) < 4.78 is 18.4. The second kappa shape index (κ2) is 13.4. The maximum Gasteiger partial charge on any atom is 0.257 e. The first-order valence-corrected chi connectivity index (χ1v) is 16.0. The molecule has 0 aliphatic rings. The Balaban J connectivity index is 1.92. The minimum absolute atomic E-state index is 0.0489. The van der Waals surface area contributed by atoms with Crippen molar-refractivity contribution >= 4 is 47.5 Å². The number of hydrogen-bond donors (Lipinski definition) is 2. The lowest BCUT2D eigenvalue weighted by atomic mass is 10.0. The third-order valence-corrected chi connectivity index (χ3v) is 8.27. The van der Waals surface area contributed by atoms with E-state index in [0.717, 1.165) is 11.1 Å². The number of benzene rings is 2. The smallest absolute Gasteiger partial charge is 0.257 e. The number of halogens is 1. The lowest BCUT2D eigenvalue weighted by molar-refractivity contribution is -0.114. The number of methoxy groups -OCH3 is 1. The van der Waals surface area contributed by atoms with Crippen LogP contribution in [-0.2, 0) is 15.8 Å². The summed E-state index contributed by atoms with van der Waals surface area (Å²) in [6.45, 7) is 10.2. The summed E-state index contributed by atoms with van der Waals surface area (Å²) in [6.07, 6.45) is 3.51. The van der Waals surface area contributed by atoms with Crippen molar-refractivity contribution in [1.29, 1.82) is 0 Å². The highest BCUT2D eigenvalue weighted by Crippen LogP contribution is 2.38. The van der Waals surface area contributed by atoms with Gasteiger partial charge >= 0.3 is 0 Å². The maximum atomic E-state index is 12.8. The molecule has 216 valence electrons. The van der Waals surface area contributed by atoms with Crippen molar-refractivity contribution in [2.75, 3.05) is 39.3 Å². The van der Waals surface area contributed by atoms with Gasteiger partial charge < -0.3 is 20.4 Å². The van der Waals surface area contributed by atoms with Crippen LogP contribution in [0.1, 0.15) is 37.7 Å². The molecule has 1 heterocycles. The van der Waals surface area contributed by atoms with Crippen LogP contribution in [0.3, 0.4) is 0 Å². The van der Waals surface area contributed by atoms with E-state index in [1.807, 2.05) is 49.5 Å². The average Bonchev–Trinajstić information content (AvgIpc) is 2.89. The van der Waals surface area contributed by atoms with Crippen molar-refractivity contribution in [1.82, 2.24) is 14.9 Å². The zero-order chi connectivity index (χ0) is 30.4. The Morgan fingerprint density at radius 3 is 2.56 bits per heavy atom. The number of ether oxygens (including phenoxy) is 1. The van der Waals surface area contributed by atoms with Gasteiger partial charge in [0, 0.05) is 22.8 Å². The van der Waals surface area contributed by atoms with Crippen molar-refractivity contribution in [3.8, 4) is 17.6 Å². The summed E-state index contributed by atoms with van der Waals surface area (Å²) in [5.74, 6) is 6.88. The number of nitrogens with zero attached hydrogens (tertiary/aromatic N) is 3. The molecule has 1 aromatic heterocycles. The number of amides is 1. The molecule has 1 amide bonds. The van der Waals surface area contributed by atoms with Crippen molar-refractivity contribution < 1.29 is 14.1 Å². The normalized spacial score (nSPS) is 12.1. The van der Waals surface area contributed by atoms with Crippen LogP contribution < -0.4 is 21.1 Å². The minimum atomic E-state index is -2.55. The molecule has 3 rings (SSSR count). The number of hydrogen-bond acceptors (Lipinski definition) is 7. The molecule has 0 fully saturated rings. The number of nitrogens with two attached hydrogens (primary N) is 1. The van der Waals surface area contributed by atoms with Crippen molar-refractivity contribution in [2.45, 2.75) is 32.7 Å². The first kappa shape index (κ1) is 31.9. The van der Waals surface area contributed by atoms with E-state index in [0.29, 0.717) is 46.4 Å². The third-order valence-electron chi connectivity index (χ3n) is 6.45. The maximum absolute atomic E-state index is 12.8.